The first kappa shape index (κ1) is 27.7. The molecule has 0 fully saturated rings. The molecular weight excluding hydrogens is 474 g/mol. The van der Waals surface area contributed by atoms with Crippen LogP contribution in [0.25, 0.3) is 0 Å². The first-order valence-electron chi connectivity index (χ1n) is 12.1. The molecule has 0 aliphatic carbocycles. The zero-order chi connectivity index (χ0) is 27.5. The number of carbonyl (C=O) groups excluding carboxylic acids is 2. The monoisotopic (exact) mass is 505 g/mol. The van der Waals surface area contributed by atoms with Crippen LogP contribution in [0.5, 0.6) is 0 Å². The second kappa shape index (κ2) is 13.5. The highest BCUT2D eigenvalue weighted by Gasteiger charge is 2.16. The zero-order valence-corrected chi connectivity index (χ0v) is 21.9. The second-order valence-corrected chi connectivity index (χ2v) is 8.94. The topological polar surface area (TPSA) is 77.0 Å². The molecule has 0 unspecified atom stereocenters. The molecule has 7 nitrogen and oxygen atoms in total. The highest BCUT2D eigenvalue weighted by Crippen LogP contribution is 2.21. The van der Waals surface area contributed by atoms with Crippen LogP contribution in [0.15, 0.2) is 71.8 Å². The Morgan fingerprint density at radius 1 is 0.842 bits per heavy atom. The van der Waals surface area contributed by atoms with Crippen LogP contribution in [0.1, 0.15) is 43.8 Å². The molecule has 0 heterocycles. The van der Waals surface area contributed by atoms with Crippen molar-refractivity contribution in [3.05, 3.63) is 94.5 Å². The van der Waals surface area contributed by atoms with E-state index >= 15 is 0 Å². The highest BCUT2D eigenvalue weighted by atomic mass is 16.2. The van der Waals surface area contributed by atoms with Crippen molar-refractivity contribution >= 4 is 29.4 Å². The van der Waals surface area contributed by atoms with Gasteiger partial charge in [-0.3, -0.25) is 9.59 Å². The van der Waals surface area contributed by atoms with E-state index in [4.69, 9.17) is 12.8 Å². The molecule has 3 rings (SSSR count). The number of hydrogen-bond acceptors (Lipinski definition) is 5. The van der Waals surface area contributed by atoms with Gasteiger partial charge in [0.05, 0.1) is 17.5 Å². The number of amides is 2. The maximum absolute atomic E-state index is 13.1. The van der Waals surface area contributed by atoms with Gasteiger partial charge >= 0.3 is 0 Å². The summed E-state index contributed by atoms with van der Waals surface area (Å²) in [5.41, 5.74) is 3.69. The van der Waals surface area contributed by atoms with Gasteiger partial charge in [0.1, 0.15) is 0 Å². The predicted octanol–water partition coefficient (Wildman–Crippen LogP) is 4.37. The van der Waals surface area contributed by atoms with Crippen molar-refractivity contribution < 1.29 is 9.59 Å². The fourth-order valence-electron chi connectivity index (χ4n) is 3.53. The summed E-state index contributed by atoms with van der Waals surface area (Å²) < 4.78 is 0. The van der Waals surface area contributed by atoms with E-state index in [0.29, 0.717) is 28.1 Å². The third-order valence-corrected chi connectivity index (χ3v) is 5.65. The van der Waals surface area contributed by atoms with Crippen LogP contribution in [-0.2, 0) is 0 Å². The molecule has 0 aliphatic heterocycles. The fraction of sp³-hybridized carbons (Fsp3) is 0.194. The number of hydrazone groups is 1. The summed E-state index contributed by atoms with van der Waals surface area (Å²) in [4.78, 5) is 28.2. The maximum atomic E-state index is 13.1. The van der Waals surface area contributed by atoms with Gasteiger partial charge in [0.15, 0.2) is 0 Å². The van der Waals surface area contributed by atoms with E-state index in [9.17, 15) is 9.59 Å². The molecule has 3 aromatic carbocycles. The minimum absolute atomic E-state index is 0.246. The van der Waals surface area contributed by atoms with Crippen LogP contribution in [-0.4, -0.2) is 62.2 Å². The van der Waals surface area contributed by atoms with Crippen LogP contribution in [0, 0.1) is 24.7 Å². The Labute approximate surface area is 224 Å². The third kappa shape index (κ3) is 8.09. The maximum Gasteiger partial charge on any atom is 0.257 e. The lowest BCUT2D eigenvalue weighted by Crippen LogP contribution is -2.20. The van der Waals surface area contributed by atoms with Gasteiger partial charge in [0, 0.05) is 36.0 Å². The number of nitrogens with zero attached hydrogens (tertiary/aromatic N) is 3. The van der Waals surface area contributed by atoms with Gasteiger partial charge in [-0.25, -0.2) is 0 Å². The first-order chi connectivity index (χ1) is 18.3. The highest BCUT2D eigenvalue weighted by molar-refractivity contribution is 6.12. The molecule has 0 spiro atoms. The smallest absolute Gasteiger partial charge is 0.257 e. The molecule has 0 aromatic heterocycles. The normalized spacial score (nSPS) is 10.6. The van der Waals surface area contributed by atoms with Gasteiger partial charge in [-0.15, -0.1) is 12.8 Å². The van der Waals surface area contributed by atoms with Crippen molar-refractivity contribution in [2.45, 2.75) is 6.42 Å². The van der Waals surface area contributed by atoms with Gasteiger partial charge in [-0.2, -0.15) is 5.10 Å². The van der Waals surface area contributed by atoms with Gasteiger partial charge in [-0.1, -0.05) is 24.0 Å². The standard InChI is InChI=1S/C31H31N5O2/c1-6-23-11-16-27(17-12-23)33-31(38)28-21-24(7-2)13-18-29(28)34-30(37)26-14-9-25(10-15-26)22-32-36(5)20-8-19-35(3)4/h1-2,9-18,21-22H,8,19-20H2,3-5H3,(H,33,38)(H,34,37). The average molecular weight is 506 g/mol. The van der Waals surface area contributed by atoms with Crippen LogP contribution in [0.3, 0.4) is 0 Å². The Morgan fingerprint density at radius 2 is 1.50 bits per heavy atom. The summed E-state index contributed by atoms with van der Waals surface area (Å²) in [7, 11) is 6.02. The number of nitrogens with one attached hydrogen (secondary N) is 2. The molecule has 0 aliphatic rings. The number of terminal acetylenes is 2. The summed E-state index contributed by atoms with van der Waals surface area (Å²) in [5.74, 6) is 4.29. The molecule has 192 valence electrons. The average Bonchev–Trinajstić information content (AvgIpc) is 2.92. The number of benzene rings is 3. The predicted molar refractivity (Wildman–Crippen MR) is 154 cm³/mol. The van der Waals surface area contributed by atoms with Gasteiger partial charge in [-0.05, 0) is 87.2 Å². The van der Waals surface area contributed by atoms with Crippen molar-refractivity contribution in [2.24, 2.45) is 5.10 Å². The molecule has 2 N–H and O–H groups in total. The summed E-state index contributed by atoms with van der Waals surface area (Å²) >= 11 is 0. The van der Waals surface area contributed by atoms with Gasteiger partial charge in [0.2, 0.25) is 0 Å². The number of anilines is 2. The SMILES string of the molecule is C#Cc1ccc(NC(=O)c2cc(C#C)ccc2NC(=O)c2ccc(C=NN(C)CCCN(C)C)cc2)cc1. The van der Waals surface area contributed by atoms with Crippen molar-refractivity contribution in [2.75, 3.05) is 44.9 Å². The second-order valence-electron chi connectivity index (χ2n) is 8.94. The van der Waals surface area contributed by atoms with E-state index in [1.54, 1.807) is 60.8 Å². The molecule has 38 heavy (non-hydrogen) atoms. The molecule has 0 saturated heterocycles. The van der Waals surface area contributed by atoms with Crippen LogP contribution in [0.2, 0.25) is 0 Å². The minimum Gasteiger partial charge on any atom is -0.322 e. The zero-order valence-electron chi connectivity index (χ0n) is 21.9. The Hall–Kier alpha value is -4.85. The van der Waals surface area contributed by atoms with Crippen LogP contribution < -0.4 is 10.6 Å². The van der Waals surface area contributed by atoms with Crippen molar-refractivity contribution in [1.29, 1.82) is 0 Å². The molecular formula is C31H31N5O2. The summed E-state index contributed by atoms with van der Waals surface area (Å²) in [6.07, 6.45) is 13.7. The van der Waals surface area contributed by atoms with Crippen LogP contribution >= 0.6 is 0 Å². The number of carbonyl (C=O) groups is 2. The molecule has 7 heteroatoms. The molecule has 3 aromatic rings. The van der Waals surface area contributed by atoms with Gasteiger partial charge < -0.3 is 20.5 Å². The molecule has 0 bridgehead atoms. The Kier molecular flexibility index (Phi) is 9.82. The van der Waals surface area contributed by atoms with E-state index in [0.717, 1.165) is 25.1 Å². The summed E-state index contributed by atoms with van der Waals surface area (Å²) in [6, 6.07) is 18.8. The van der Waals surface area contributed by atoms with Crippen molar-refractivity contribution in [1.82, 2.24) is 9.91 Å². The first-order valence-corrected chi connectivity index (χ1v) is 12.1. The van der Waals surface area contributed by atoms with E-state index in [-0.39, 0.29) is 11.5 Å². The largest absolute Gasteiger partial charge is 0.322 e. The molecule has 0 saturated carbocycles. The molecule has 2 amide bonds. The number of rotatable bonds is 10. The lowest BCUT2D eigenvalue weighted by atomic mass is 10.1. The fourth-order valence-corrected chi connectivity index (χ4v) is 3.53. The van der Waals surface area contributed by atoms with E-state index in [1.165, 1.54) is 0 Å². The Bertz CT molecular complexity index is 1380. The summed E-state index contributed by atoms with van der Waals surface area (Å²) in [6.45, 7) is 1.85. The van der Waals surface area contributed by atoms with E-state index in [1.807, 2.05) is 38.3 Å². The Morgan fingerprint density at radius 3 is 2.13 bits per heavy atom. The van der Waals surface area contributed by atoms with Crippen molar-refractivity contribution in [3.63, 3.8) is 0 Å². The lowest BCUT2D eigenvalue weighted by Gasteiger charge is -2.15. The van der Waals surface area contributed by atoms with Crippen LogP contribution in [0.4, 0.5) is 11.4 Å². The molecule has 0 radical (unpaired) electrons. The van der Waals surface area contributed by atoms with E-state index in [2.05, 4.69) is 32.5 Å². The van der Waals surface area contributed by atoms with E-state index < -0.39 is 5.91 Å². The summed E-state index contributed by atoms with van der Waals surface area (Å²) in [5, 5.41) is 12.0. The van der Waals surface area contributed by atoms with Crippen molar-refractivity contribution in [3.8, 4) is 24.7 Å². The Balaban J connectivity index is 1.69. The molecule has 0 atom stereocenters. The third-order valence-electron chi connectivity index (χ3n) is 5.65. The lowest BCUT2D eigenvalue weighted by molar-refractivity contribution is 0.102. The quantitative estimate of drug-likeness (QED) is 0.244. The minimum atomic E-state index is -0.410. The number of hydrogen-bond donors (Lipinski definition) is 2. The van der Waals surface area contributed by atoms with Gasteiger partial charge in [0.25, 0.3) is 11.8 Å².